The Labute approximate surface area is 157 Å². The molecule has 0 aliphatic carbocycles. The van der Waals surface area contributed by atoms with Crippen molar-refractivity contribution in [3.05, 3.63) is 57.8 Å². The van der Waals surface area contributed by atoms with E-state index in [-0.39, 0.29) is 25.5 Å². The van der Waals surface area contributed by atoms with Crippen LogP contribution in [0.3, 0.4) is 0 Å². The molecule has 6 heteroatoms. The van der Waals surface area contributed by atoms with Crippen LogP contribution in [0.25, 0.3) is 6.08 Å². The Kier molecular flexibility index (Phi) is 7.12. The highest BCUT2D eigenvalue weighted by Crippen LogP contribution is 2.19. The second-order valence-corrected chi connectivity index (χ2v) is 6.58. The molecule has 5 nitrogen and oxygen atoms in total. The van der Waals surface area contributed by atoms with Crippen molar-refractivity contribution in [2.24, 2.45) is 0 Å². The van der Waals surface area contributed by atoms with E-state index < -0.39 is 5.97 Å². The van der Waals surface area contributed by atoms with E-state index in [1.54, 1.807) is 6.08 Å². The van der Waals surface area contributed by atoms with Crippen molar-refractivity contribution in [1.29, 1.82) is 5.26 Å². The SMILES string of the molecule is Cc1cc(C)cc(N(CCC#N)C(=O)COC(=O)/C=C/c2ccsc2)c1. The minimum atomic E-state index is -0.579. The quantitative estimate of drug-likeness (QED) is 0.549. The molecule has 0 fully saturated rings. The molecular formula is C20H20N2O3S. The van der Waals surface area contributed by atoms with Gasteiger partial charge in [-0.3, -0.25) is 4.79 Å². The number of ether oxygens (including phenoxy) is 1. The van der Waals surface area contributed by atoms with Gasteiger partial charge in [0.25, 0.3) is 5.91 Å². The topological polar surface area (TPSA) is 70.4 Å². The van der Waals surface area contributed by atoms with Crippen LogP contribution in [0.5, 0.6) is 0 Å². The molecular weight excluding hydrogens is 348 g/mol. The van der Waals surface area contributed by atoms with Crippen molar-refractivity contribution in [2.75, 3.05) is 18.1 Å². The van der Waals surface area contributed by atoms with Crippen LogP contribution in [0.15, 0.2) is 41.1 Å². The predicted octanol–water partition coefficient (Wildman–Crippen LogP) is 3.87. The molecule has 1 aromatic heterocycles. The maximum atomic E-state index is 12.5. The van der Waals surface area contributed by atoms with Gasteiger partial charge in [0, 0.05) is 18.3 Å². The molecule has 0 aliphatic heterocycles. The third kappa shape index (κ3) is 5.87. The van der Waals surface area contributed by atoms with Crippen LogP contribution < -0.4 is 4.90 Å². The number of amides is 1. The van der Waals surface area contributed by atoms with Gasteiger partial charge in [-0.25, -0.2) is 4.79 Å². The Morgan fingerprint density at radius 3 is 2.62 bits per heavy atom. The van der Waals surface area contributed by atoms with Crippen molar-refractivity contribution >= 4 is 35.0 Å². The van der Waals surface area contributed by atoms with Gasteiger partial charge >= 0.3 is 5.97 Å². The number of carbonyl (C=O) groups excluding carboxylic acids is 2. The molecule has 134 valence electrons. The first kappa shape index (κ1) is 19.4. The summed E-state index contributed by atoms with van der Waals surface area (Å²) in [6.07, 6.45) is 3.14. The average Bonchev–Trinajstić information content (AvgIpc) is 3.11. The lowest BCUT2D eigenvalue weighted by atomic mass is 10.1. The van der Waals surface area contributed by atoms with Gasteiger partial charge in [0.1, 0.15) is 0 Å². The Hall–Kier alpha value is -2.91. The molecule has 26 heavy (non-hydrogen) atoms. The van der Waals surface area contributed by atoms with Crippen LogP contribution in [-0.2, 0) is 14.3 Å². The summed E-state index contributed by atoms with van der Waals surface area (Å²) in [4.78, 5) is 25.8. The van der Waals surface area contributed by atoms with E-state index in [9.17, 15) is 9.59 Å². The van der Waals surface area contributed by atoms with E-state index in [0.717, 1.165) is 16.7 Å². The number of carbonyl (C=O) groups is 2. The number of anilines is 1. The summed E-state index contributed by atoms with van der Waals surface area (Å²) < 4.78 is 5.05. The van der Waals surface area contributed by atoms with Gasteiger partial charge in [0.15, 0.2) is 6.61 Å². The van der Waals surface area contributed by atoms with Crippen LogP contribution in [0.1, 0.15) is 23.1 Å². The minimum absolute atomic E-state index is 0.199. The highest BCUT2D eigenvalue weighted by atomic mass is 32.1. The summed E-state index contributed by atoms with van der Waals surface area (Å²) in [5, 5.41) is 12.7. The fraction of sp³-hybridized carbons (Fsp3) is 0.250. The lowest BCUT2D eigenvalue weighted by molar-refractivity contribution is -0.142. The van der Waals surface area contributed by atoms with Crippen LogP contribution in [0.4, 0.5) is 5.69 Å². The van der Waals surface area contributed by atoms with Crippen LogP contribution >= 0.6 is 11.3 Å². The zero-order chi connectivity index (χ0) is 18.9. The van der Waals surface area contributed by atoms with E-state index >= 15 is 0 Å². The average molecular weight is 368 g/mol. The lowest BCUT2D eigenvalue weighted by Crippen LogP contribution is -2.35. The highest BCUT2D eigenvalue weighted by molar-refractivity contribution is 7.08. The Balaban J connectivity index is 2.02. The summed E-state index contributed by atoms with van der Waals surface area (Å²) in [7, 11) is 0. The molecule has 1 heterocycles. The van der Waals surface area contributed by atoms with E-state index in [0.29, 0.717) is 5.69 Å². The van der Waals surface area contributed by atoms with E-state index in [1.165, 1.54) is 22.3 Å². The van der Waals surface area contributed by atoms with Gasteiger partial charge in [-0.2, -0.15) is 16.6 Å². The number of thiophene rings is 1. The van der Waals surface area contributed by atoms with Gasteiger partial charge in [0.2, 0.25) is 0 Å². The highest BCUT2D eigenvalue weighted by Gasteiger charge is 2.17. The number of hydrogen-bond donors (Lipinski definition) is 0. The number of hydrogen-bond acceptors (Lipinski definition) is 5. The number of nitriles is 1. The number of nitrogens with zero attached hydrogens (tertiary/aromatic N) is 2. The summed E-state index contributed by atoms with van der Waals surface area (Å²) in [6.45, 7) is 3.77. The summed E-state index contributed by atoms with van der Waals surface area (Å²) in [6, 6.07) is 9.68. The Morgan fingerprint density at radius 1 is 1.27 bits per heavy atom. The number of rotatable bonds is 7. The number of benzene rings is 1. The van der Waals surface area contributed by atoms with Crippen LogP contribution in [-0.4, -0.2) is 25.0 Å². The normalized spacial score (nSPS) is 10.5. The van der Waals surface area contributed by atoms with Crippen molar-refractivity contribution in [2.45, 2.75) is 20.3 Å². The third-order valence-corrected chi connectivity index (χ3v) is 4.26. The van der Waals surface area contributed by atoms with E-state index in [1.807, 2.05) is 54.9 Å². The first-order chi connectivity index (χ1) is 12.5. The Bertz CT molecular complexity index is 815. The molecule has 0 N–H and O–H groups in total. The Morgan fingerprint density at radius 2 is 2.00 bits per heavy atom. The largest absolute Gasteiger partial charge is 0.452 e. The van der Waals surface area contributed by atoms with Gasteiger partial charge in [-0.15, -0.1) is 0 Å². The first-order valence-electron chi connectivity index (χ1n) is 8.12. The molecule has 0 unspecified atom stereocenters. The van der Waals surface area contributed by atoms with Crippen LogP contribution in [0, 0.1) is 25.2 Å². The smallest absolute Gasteiger partial charge is 0.331 e. The third-order valence-electron chi connectivity index (χ3n) is 3.56. The van der Waals surface area contributed by atoms with E-state index in [2.05, 4.69) is 0 Å². The molecule has 0 saturated carbocycles. The molecule has 1 amide bonds. The molecule has 2 rings (SSSR count). The molecule has 0 spiro atoms. The maximum absolute atomic E-state index is 12.5. The lowest BCUT2D eigenvalue weighted by Gasteiger charge is -2.22. The molecule has 0 bridgehead atoms. The molecule has 1 aromatic carbocycles. The van der Waals surface area contributed by atoms with Crippen molar-refractivity contribution < 1.29 is 14.3 Å². The molecule has 0 radical (unpaired) electrons. The van der Waals surface area contributed by atoms with Crippen molar-refractivity contribution in [1.82, 2.24) is 0 Å². The number of aryl methyl sites for hydroxylation is 2. The van der Waals surface area contributed by atoms with Gasteiger partial charge in [-0.05, 0) is 65.6 Å². The standard InChI is InChI=1S/C20H20N2O3S/c1-15-10-16(2)12-18(11-15)22(8-3-7-21)19(23)13-25-20(24)5-4-17-6-9-26-14-17/h4-6,9-12,14H,3,8,13H2,1-2H3/b5-4+. The van der Waals surface area contributed by atoms with E-state index in [4.69, 9.17) is 10.00 Å². The molecule has 0 aliphatic rings. The van der Waals surface area contributed by atoms with Gasteiger partial charge in [0.05, 0.1) is 12.5 Å². The summed E-state index contributed by atoms with van der Waals surface area (Å²) in [5.74, 6) is -0.937. The monoisotopic (exact) mass is 368 g/mol. The van der Waals surface area contributed by atoms with Crippen molar-refractivity contribution in [3.63, 3.8) is 0 Å². The van der Waals surface area contributed by atoms with Gasteiger partial charge in [-0.1, -0.05) is 6.07 Å². The van der Waals surface area contributed by atoms with Crippen molar-refractivity contribution in [3.8, 4) is 6.07 Å². The molecule has 0 saturated heterocycles. The summed E-state index contributed by atoms with van der Waals surface area (Å²) in [5.41, 5.74) is 3.65. The zero-order valence-corrected chi connectivity index (χ0v) is 15.6. The first-order valence-corrected chi connectivity index (χ1v) is 9.06. The number of esters is 1. The maximum Gasteiger partial charge on any atom is 0.331 e. The zero-order valence-electron chi connectivity index (χ0n) is 14.8. The second kappa shape index (κ2) is 9.54. The fourth-order valence-electron chi connectivity index (χ4n) is 2.46. The van der Waals surface area contributed by atoms with Gasteiger partial charge < -0.3 is 9.64 Å². The minimum Gasteiger partial charge on any atom is -0.452 e. The fourth-order valence-corrected chi connectivity index (χ4v) is 3.09. The van der Waals surface area contributed by atoms with Crippen LogP contribution in [0.2, 0.25) is 0 Å². The predicted molar refractivity (Wildman–Crippen MR) is 103 cm³/mol. The summed E-state index contributed by atoms with van der Waals surface area (Å²) >= 11 is 1.53. The molecule has 0 atom stereocenters. The molecule has 2 aromatic rings. The second-order valence-electron chi connectivity index (χ2n) is 5.80.